The van der Waals surface area contributed by atoms with Gasteiger partial charge in [0.05, 0.1) is 19.6 Å². The van der Waals surface area contributed by atoms with Gasteiger partial charge in [-0.3, -0.25) is 43.6 Å². The molecule has 260 valence electrons. The number of carboxylic acid groups (broad SMARTS) is 4. The quantitative estimate of drug-likeness (QED) is 0.107. The number of hydrogen-bond acceptors (Lipinski definition) is 9. The molecule has 1 heterocycles. The lowest BCUT2D eigenvalue weighted by atomic mass is 10.1. The van der Waals surface area contributed by atoms with Crippen molar-refractivity contribution in [3.8, 4) is 0 Å². The molecule has 14 nitrogen and oxygen atoms in total. The maximum Gasteiger partial charge on any atom is 0.320 e. The molecule has 1 aliphatic rings. The minimum Gasteiger partial charge on any atom is -0.480 e. The van der Waals surface area contributed by atoms with Gasteiger partial charge in [-0.15, -0.1) is 0 Å². The molecule has 0 aromatic rings. The van der Waals surface area contributed by atoms with Gasteiger partial charge in [-0.25, -0.2) is 0 Å². The van der Waals surface area contributed by atoms with Crippen molar-refractivity contribution in [2.75, 3.05) is 78.5 Å². The van der Waals surface area contributed by atoms with Gasteiger partial charge in [0.2, 0.25) is 5.91 Å². The Bertz CT molecular complexity index is 860. The number of aliphatic carboxylic acids is 4. The van der Waals surface area contributed by atoms with Crippen LogP contribution >= 0.6 is 0 Å². The topological polar surface area (TPSA) is 191 Å². The van der Waals surface area contributed by atoms with E-state index in [0.717, 1.165) is 19.3 Å². The normalized spacial score (nSPS) is 17.2. The Kier molecular flexibility index (Phi) is 21.8. The number of unbranched alkanes of at least 4 members (excludes halogenated alkanes) is 9. The molecule has 0 saturated carbocycles. The van der Waals surface area contributed by atoms with Crippen LogP contribution in [0.25, 0.3) is 0 Å². The molecule has 1 aliphatic heterocycles. The molecule has 0 aromatic carbocycles. The number of amides is 1. The van der Waals surface area contributed by atoms with Gasteiger partial charge in [-0.2, -0.15) is 0 Å². The van der Waals surface area contributed by atoms with E-state index in [0.29, 0.717) is 6.54 Å². The van der Waals surface area contributed by atoms with Gasteiger partial charge in [0.1, 0.15) is 6.04 Å². The molecular weight excluding hydrogens is 586 g/mol. The van der Waals surface area contributed by atoms with Crippen molar-refractivity contribution in [2.24, 2.45) is 0 Å². The summed E-state index contributed by atoms with van der Waals surface area (Å²) in [6.45, 7) is 3.68. The van der Waals surface area contributed by atoms with Crippen LogP contribution in [0, 0.1) is 0 Å². The first-order valence-corrected chi connectivity index (χ1v) is 16.6. The monoisotopic (exact) mass is 643 g/mol. The zero-order chi connectivity index (χ0) is 33.5. The van der Waals surface area contributed by atoms with E-state index in [1.165, 1.54) is 44.9 Å². The molecule has 45 heavy (non-hydrogen) atoms. The van der Waals surface area contributed by atoms with Gasteiger partial charge in [0, 0.05) is 65.3 Å². The lowest BCUT2D eigenvalue weighted by Gasteiger charge is -2.35. The molecule has 1 amide bonds. The number of carbonyl (C=O) groups is 5. The first-order chi connectivity index (χ1) is 21.5. The highest BCUT2D eigenvalue weighted by Crippen LogP contribution is 2.12. The Labute approximate surface area is 267 Å². The van der Waals surface area contributed by atoms with E-state index < -0.39 is 29.9 Å². The summed E-state index contributed by atoms with van der Waals surface area (Å²) in [7, 11) is 0. The summed E-state index contributed by atoms with van der Waals surface area (Å²) in [4.78, 5) is 65.9. The highest BCUT2D eigenvalue weighted by Gasteiger charge is 2.28. The Balaban J connectivity index is 2.73. The van der Waals surface area contributed by atoms with Crippen LogP contribution in [0.3, 0.4) is 0 Å². The summed E-state index contributed by atoms with van der Waals surface area (Å²) in [5, 5.41) is 41.1. The van der Waals surface area contributed by atoms with Crippen molar-refractivity contribution in [3.05, 3.63) is 0 Å². The average molecular weight is 644 g/mol. The molecule has 1 saturated heterocycles. The van der Waals surface area contributed by atoms with E-state index in [1.54, 1.807) is 19.6 Å². The van der Waals surface area contributed by atoms with Crippen LogP contribution in [-0.4, -0.2) is 154 Å². The lowest BCUT2D eigenvalue weighted by Crippen LogP contribution is -2.52. The Morgan fingerprint density at radius 2 is 0.956 bits per heavy atom. The summed E-state index contributed by atoms with van der Waals surface area (Å²) in [5.41, 5.74) is 0. The van der Waals surface area contributed by atoms with Crippen LogP contribution in [0.4, 0.5) is 0 Å². The van der Waals surface area contributed by atoms with E-state index in [-0.39, 0.29) is 90.7 Å². The SMILES string of the molecule is CCCCCCCCCCCCNC(=O)CCC(C(=O)O)N1CCN(CC(=O)O)CCN(CC(=O)O)CCN(CC(=O)O)CC1. The molecule has 1 atom stereocenters. The molecule has 0 spiro atoms. The minimum absolute atomic E-state index is 0.0209. The van der Waals surface area contributed by atoms with E-state index in [2.05, 4.69) is 12.2 Å². The lowest BCUT2D eigenvalue weighted by molar-refractivity contribution is -0.145. The fraction of sp³-hybridized carbons (Fsp3) is 0.839. The van der Waals surface area contributed by atoms with Gasteiger partial charge in [-0.05, 0) is 12.8 Å². The summed E-state index contributed by atoms with van der Waals surface area (Å²) in [5.74, 6) is -4.48. The highest BCUT2D eigenvalue weighted by atomic mass is 16.4. The average Bonchev–Trinajstić information content (AvgIpc) is 2.95. The predicted molar refractivity (Wildman–Crippen MR) is 169 cm³/mol. The molecule has 5 N–H and O–H groups in total. The van der Waals surface area contributed by atoms with Crippen molar-refractivity contribution in [1.29, 1.82) is 0 Å². The summed E-state index contributed by atoms with van der Waals surface area (Å²) >= 11 is 0. The molecule has 0 aromatic heterocycles. The second-order valence-corrected chi connectivity index (χ2v) is 12.0. The van der Waals surface area contributed by atoms with E-state index in [9.17, 15) is 44.4 Å². The highest BCUT2D eigenvalue weighted by molar-refractivity contribution is 5.78. The first-order valence-electron chi connectivity index (χ1n) is 16.6. The third-order valence-electron chi connectivity index (χ3n) is 8.17. The standard InChI is InChI=1S/C31H57N5O9/c1-2-3-4-5-6-7-8-9-10-11-14-32-27(37)13-12-26(31(44)45)36-21-19-34(24-29(40)41)17-15-33(23-28(38)39)16-18-35(20-22-36)25-30(42)43/h26H,2-25H2,1H3,(H,32,37)(H,38,39)(H,40,41)(H,42,43)(H,44,45). The molecule has 0 aliphatic carbocycles. The van der Waals surface area contributed by atoms with Gasteiger partial charge in [0.15, 0.2) is 0 Å². The van der Waals surface area contributed by atoms with Crippen LogP contribution < -0.4 is 5.32 Å². The number of carboxylic acids is 4. The fourth-order valence-corrected chi connectivity index (χ4v) is 5.57. The first kappa shape index (κ1) is 40.2. The molecule has 0 bridgehead atoms. The maximum atomic E-state index is 12.6. The van der Waals surface area contributed by atoms with Crippen molar-refractivity contribution in [1.82, 2.24) is 24.9 Å². The number of rotatable bonds is 22. The number of nitrogens with one attached hydrogen (secondary N) is 1. The number of hydrogen-bond donors (Lipinski definition) is 5. The summed E-state index contributed by atoms with van der Waals surface area (Å²) in [6.07, 6.45) is 12.0. The second kappa shape index (κ2) is 24.4. The molecule has 1 unspecified atom stereocenters. The van der Waals surface area contributed by atoms with Crippen LogP contribution in [0.2, 0.25) is 0 Å². The minimum atomic E-state index is -1.10. The fourth-order valence-electron chi connectivity index (χ4n) is 5.57. The predicted octanol–water partition coefficient (Wildman–Crippen LogP) is 1.73. The largest absolute Gasteiger partial charge is 0.480 e. The number of nitrogens with zero attached hydrogens (tertiary/aromatic N) is 4. The van der Waals surface area contributed by atoms with E-state index >= 15 is 0 Å². The van der Waals surface area contributed by atoms with E-state index in [1.807, 2.05) is 0 Å². The van der Waals surface area contributed by atoms with Crippen LogP contribution in [0.15, 0.2) is 0 Å². The molecule has 1 fully saturated rings. The van der Waals surface area contributed by atoms with Crippen molar-refractivity contribution >= 4 is 29.8 Å². The smallest absolute Gasteiger partial charge is 0.320 e. The zero-order valence-corrected chi connectivity index (χ0v) is 27.2. The van der Waals surface area contributed by atoms with Crippen molar-refractivity contribution in [2.45, 2.75) is 90.0 Å². The van der Waals surface area contributed by atoms with Crippen molar-refractivity contribution in [3.63, 3.8) is 0 Å². The van der Waals surface area contributed by atoms with E-state index in [4.69, 9.17) is 0 Å². The zero-order valence-electron chi connectivity index (χ0n) is 27.2. The van der Waals surface area contributed by atoms with Gasteiger partial charge < -0.3 is 25.7 Å². The summed E-state index contributed by atoms with van der Waals surface area (Å²) < 4.78 is 0. The molecule has 1 rings (SSSR count). The Morgan fingerprint density at radius 1 is 0.578 bits per heavy atom. The number of carbonyl (C=O) groups excluding carboxylic acids is 1. The third kappa shape index (κ3) is 20.8. The molecular formula is C31H57N5O9. The molecule has 14 heteroatoms. The van der Waals surface area contributed by atoms with Gasteiger partial charge in [-0.1, -0.05) is 64.7 Å². The van der Waals surface area contributed by atoms with Crippen molar-refractivity contribution < 1.29 is 44.4 Å². The molecule has 0 radical (unpaired) electrons. The van der Waals surface area contributed by atoms with Crippen LogP contribution in [0.5, 0.6) is 0 Å². The van der Waals surface area contributed by atoms with Gasteiger partial charge >= 0.3 is 23.9 Å². The Morgan fingerprint density at radius 3 is 1.33 bits per heavy atom. The maximum absolute atomic E-state index is 12.6. The van der Waals surface area contributed by atoms with Gasteiger partial charge in [0.25, 0.3) is 0 Å². The Hall–Kier alpha value is -2.81. The van der Waals surface area contributed by atoms with Crippen LogP contribution in [0.1, 0.15) is 84.0 Å². The third-order valence-corrected chi connectivity index (χ3v) is 8.17. The second-order valence-electron chi connectivity index (χ2n) is 12.0. The summed E-state index contributed by atoms with van der Waals surface area (Å²) in [6, 6.07) is -1.02. The van der Waals surface area contributed by atoms with Crippen LogP contribution in [-0.2, 0) is 24.0 Å².